The molecule has 117 valence electrons. The van der Waals surface area contributed by atoms with Crippen LogP contribution in [0.3, 0.4) is 0 Å². The van der Waals surface area contributed by atoms with Gasteiger partial charge in [-0.3, -0.25) is 19.3 Å². The van der Waals surface area contributed by atoms with Crippen LogP contribution in [0.4, 0.5) is 5.69 Å². The van der Waals surface area contributed by atoms with Crippen LogP contribution in [-0.2, 0) is 19.1 Å². The molecule has 1 atom stereocenters. The van der Waals surface area contributed by atoms with E-state index in [4.69, 9.17) is 4.74 Å². The number of imide groups is 1. The highest BCUT2D eigenvalue weighted by Crippen LogP contribution is 2.18. The predicted molar refractivity (Wildman–Crippen MR) is 83.7 cm³/mol. The van der Waals surface area contributed by atoms with Gasteiger partial charge in [0, 0.05) is 25.8 Å². The molecule has 1 rings (SSSR count). The van der Waals surface area contributed by atoms with Crippen LogP contribution in [0.1, 0.15) is 19.4 Å². The molecule has 0 aliphatic carbocycles. The number of para-hydroxylation sites is 1. The smallest absolute Gasteiger partial charge is 0.253 e. The summed E-state index contributed by atoms with van der Waals surface area (Å²) in [5.41, 5.74) is 1.55. The summed E-state index contributed by atoms with van der Waals surface area (Å²) < 4.78 is 5.14. The normalized spacial score (nSPS) is 12.0. The van der Waals surface area contributed by atoms with E-state index >= 15 is 0 Å². The van der Waals surface area contributed by atoms with Crippen LogP contribution in [0.2, 0.25) is 0 Å². The van der Waals surface area contributed by atoms with Crippen molar-refractivity contribution in [3.63, 3.8) is 0 Å². The molecule has 0 saturated heterocycles. The fourth-order valence-corrected chi connectivity index (χ4v) is 1.71. The maximum Gasteiger partial charge on any atom is 0.253 e. The van der Waals surface area contributed by atoms with Gasteiger partial charge >= 0.3 is 0 Å². The Labute approximate surface area is 129 Å². The number of carbonyl (C=O) groups is 2. The molecule has 1 aromatic rings. The van der Waals surface area contributed by atoms with Crippen molar-refractivity contribution in [1.29, 1.82) is 0 Å². The van der Waals surface area contributed by atoms with Crippen LogP contribution >= 0.6 is 0 Å². The molecule has 0 heterocycles. The van der Waals surface area contributed by atoms with Crippen molar-refractivity contribution in [2.24, 2.45) is 0 Å². The van der Waals surface area contributed by atoms with Crippen molar-refractivity contribution in [1.82, 2.24) is 4.90 Å². The van der Waals surface area contributed by atoms with Gasteiger partial charge in [0.05, 0.1) is 6.54 Å². The Kier molecular flexibility index (Phi) is 6.98. The van der Waals surface area contributed by atoms with E-state index in [0.29, 0.717) is 0 Å². The van der Waals surface area contributed by atoms with E-state index < -0.39 is 11.8 Å². The van der Waals surface area contributed by atoms with E-state index in [0.717, 1.165) is 16.2 Å². The second-order valence-corrected chi connectivity index (χ2v) is 4.53. The number of anilines is 1. The van der Waals surface area contributed by atoms with Crippen LogP contribution in [0, 0.1) is 0 Å². The number of amides is 2. The number of nitrogens with one attached hydrogen (secondary N) is 1. The van der Waals surface area contributed by atoms with Gasteiger partial charge in [-0.25, -0.2) is 0 Å². The Bertz CT molecular complexity index is 569. The zero-order chi connectivity index (χ0) is 16.5. The maximum atomic E-state index is 11.9. The first-order valence-corrected chi connectivity index (χ1v) is 6.73. The number of ether oxygens (including phenoxy) is 1. The number of methoxy groups -OCH3 is 1. The Morgan fingerprint density at radius 2 is 2.09 bits per heavy atom. The summed E-state index contributed by atoms with van der Waals surface area (Å²) in [5.74, 6) is -1.07. The molecule has 0 aliphatic heterocycles. The van der Waals surface area contributed by atoms with Gasteiger partial charge in [0.2, 0.25) is 12.2 Å². The van der Waals surface area contributed by atoms with Crippen LogP contribution in [-0.4, -0.2) is 42.9 Å². The summed E-state index contributed by atoms with van der Waals surface area (Å²) in [6.45, 7) is 2.70. The minimum atomic E-state index is -0.564. The molecular weight excluding hydrogens is 284 g/mol. The molecule has 0 spiro atoms. The first kappa shape index (κ1) is 17.6. The number of hydrogen-bond donors (Lipinski definition) is 1. The Morgan fingerprint density at radius 1 is 1.41 bits per heavy atom. The van der Waals surface area contributed by atoms with E-state index in [1.165, 1.54) is 13.0 Å². The van der Waals surface area contributed by atoms with Crippen molar-refractivity contribution in [2.45, 2.75) is 20.1 Å². The highest BCUT2D eigenvalue weighted by atomic mass is 16.5. The van der Waals surface area contributed by atoms with Gasteiger partial charge in [-0.15, -0.1) is 0 Å². The monoisotopic (exact) mass is 303 g/mol. The van der Waals surface area contributed by atoms with Gasteiger partial charge in [0.1, 0.15) is 6.23 Å². The number of nitrogens with zero attached hydrogens (tertiary/aromatic N) is 1. The largest absolute Gasteiger partial charge is 0.362 e. The molecular formula is C16H19N2O4. The average Bonchev–Trinajstić information content (AvgIpc) is 2.50. The van der Waals surface area contributed by atoms with Gasteiger partial charge in [-0.2, -0.15) is 0 Å². The molecule has 1 radical (unpaired) electrons. The van der Waals surface area contributed by atoms with Gasteiger partial charge < -0.3 is 10.1 Å². The molecule has 0 fully saturated rings. The van der Waals surface area contributed by atoms with Gasteiger partial charge in [-0.1, -0.05) is 18.2 Å². The Balaban J connectivity index is 2.91. The maximum absolute atomic E-state index is 11.9. The Morgan fingerprint density at radius 3 is 2.68 bits per heavy atom. The lowest BCUT2D eigenvalue weighted by Crippen LogP contribution is -2.35. The van der Waals surface area contributed by atoms with Crippen molar-refractivity contribution >= 4 is 29.9 Å². The Hall–Kier alpha value is -2.47. The minimum Gasteiger partial charge on any atom is -0.362 e. The summed E-state index contributed by atoms with van der Waals surface area (Å²) in [7, 11) is 1.58. The van der Waals surface area contributed by atoms with Crippen molar-refractivity contribution in [2.75, 3.05) is 19.0 Å². The zero-order valence-corrected chi connectivity index (χ0v) is 12.8. The molecule has 1 unspecified atom stereocenters. The number of carbonyl (C=O) groups excluding carboxylic acids is 3. The van der Waals surface area contributed by atoms with Gasteiger partial charge in [0.25, 0.3) is 5.91 Å². The summed E-state index contributed by atoms with van der Waals surface area (Å²) in [6, 6.07) is 7.35. The lowest BCUT2D eigenvalue weighted by molar-refractivity contribution is -0.139. The third kappa shape index (κ3) is 5.14. The van der Waals surface area contributed by atoms with Crippen LogP contribution < -0.4 is 5.32 Å². The minimum absolute atomic E-state index is 0.191. The highest BCUT2D eigenvalue weighted by Gasteiger charge is 2.15. The molecule has 22 heavy (non-hydrogen) atoms. The van der Waals surface area contributed by atoms with Crippen LogP contribution in [0.15, 0.2) is 30.3 Å². The zero-order valence-electron chi connectivity index (χ0n) is 12.8. The van der Waals surface area contributed by atoms with Crippen molar-refractivity contribution < 1.29 is 19.1 Å². The number of benzene rings is 1. The van der Waals surface area contributed by atoms with Crippen LogP contribution in [0.5, 0.6) is 0 Å². The van der Waals surface area contributed by atoms with E-state index in [9.17, 15) is 14.4 Å². The lowest BCUT2D eigenvalue weighted by atomic mass is 10.1. The fraction of sp³-hybridized carbons (Fsp3) is 0.312. The van der Waals surface area contributed by atoms with E-state index in [-0.39, 0.29) is 12.8 Å². The SMILES string of the molecule is COC(C)Nc1ccccc1/C=C/C(=O)N(C[C]=O)C(C)=O. The van der Waals surface area contributed by atoms with E-state index in [2.05, 4.69) is 5.32 Å². The molecule has 0 bridgehead atoms. The second kappa shape index (κ2) is 8.74. The molecule has 1 aromatic carbocycles. The first-order chi connectivity index (χ1) is 10.5. The highest BCUT2D eigenvalue weighted by molar-refractivity contribution is 6.03. The second-order valence-electron chi connectivity index (χ2n) is 4.53. The summed E-state index contributed by atoms with van der Waals surface area (Å²) in [6.07, 6.45) is 4.18. The summed E-state index contributed by atoms with van der Waals surface area (Å²) in [5, 5.41) is 3.13. The summed E-state index contributed by atoms with van der Waals surface area (Å²) >= 11 is 0. The lowest BCUT2D eigenvalue weighted by Gasteiger charge is -2.16. The number of rotatable bonds is 7. The third-order valence-electron chi connectivity index (χ3n) is 2.95. The third-order valence-corrected chi connectivity index (χ3v) is 2.95. The fourth-order valence-electron chi connectivity index (χ4n) is 1.71. The first-order valence-electron chi connectivity index (χ1n) is 6.73. The standard InChI is InChI=1S/C16H19N2O4/c1-12(22-3)17-15-7-5-4-6-14(15)8-9-16(21)18(10-11-19)13(2)20/h4-9,12,17H,10H2,1-3H3/b9-8+. The predicted octanol–water partition coefficient (Wildman–Crippen LogP) is 1.59. The van der Waals surface area contributed by atoms with Crippen LogP contribution in [0.25, 0.3) is 6.08 Å². The number of hydrogen-bond acceptors (Lipinski definition) is 5. The van der Waals surface area contributed by atoms with Gasteiger partial charge in [0.15, 0.2) is 0 Å². The topological polar surface area (TPSA) is 75.7 Å². The quantitative estimate of drug-likeness (QED) is 0.611. The van der Waals surface area contributed by atoms with Gasteiger partial charge in [-0.05, 0) is 24.6 Å². The van der Waals surface area contributed by atoms with Crippen molar-refractivity contribution in [3.05, 3.63) is 35.9 Å². The molecule has 0 aromatic heterocycles. The summed E-state index contributed by atoms with van der Waals surface area (Å²) in [4.78, 5) is 34.4. The molecule has 0 saturated carbocycles. The molecule has 1 N–H and O–H groups in total. The van der Waals surface area contributed by atoms with E-state index in [1.807, 2.05) is 31.2 Å². The van der Waals surface area contributed by atoms with Crippen molar-refractivity contribution in [3.8, 4) is 0 Å². The molecule has 0 aliphatic rings. The molecule has 6 nitrogen and oxygen atoms in total. The molecule has 2 amide bonds. The average molecular weight is 303 g/mol. The van der Waals surface area contributed by atoms with E-state index in [1.54, 1.807) is 19.5 Å². The molecule has 6 heteroatoms.